The molecule has 174 valence electrons. The zero-order valence-electron chi connectivity index (χ0n) is 17.2. The second-order valence-corrected chi connectivity index (χ2v) is 9.08. The monoisotopic (exact) mass is 542 g/mol. The SMILES string of the molecule is O=C(Nc1cc(C(F)(F)F)ccc1Cl)C1CCN(Cc2nc(-c3cccc(Br)c3)no2)CC1. The van der Waals surface area contributed by atoms with E-state index in [1.165, 1.54) is 0 Å². The van der Waals surface area contributed by atoms with Gasteiger partial charge in [-0.05, 0) is 56.3 Å². The third kappa shape index (κ3) is 5.93. The van der Waals surface area contributed by atoms with E-state index in [0.29, 0.717) is 44.2 Å². The van der Waals surface area contributed by atoms with Gasteiger partial charge in [-0.2, -0.15) is 18.2 Å². The number of carbonyl (C=O) groups is 1. The molecule has 33 heavy (non-hydrogen) atoms. The molecule has 0 atom stereocenters. The highest BCUT2D eigenvalue weighted by atomic mass is 79.9. The van der Waals surface area contributed by atoms with Crippen molar-refractivity contribution >= 4 is 39.1 Å². The van der Waals surface area contributed by atoms with E-state index in [2.05, 4.69) is 36.3 Å². The fourth-order valence-electron chi connectivity index (χ4n) is 3.64. The molecule has 2 aromatic carbocycles. The molecule has 0 unspecified atom stereocenters. The van der Waals surface area contributed by atoms with Crippen molar-refractivity contribution in [1.82, 2.24) is 15.0 Å². The number of nitrogens with zero attached hydrogens (tertiary/aromatic N) is 3. The minimum Gasteiger partial charge on any atom is -0.338 e. The first-order chi connectivity index (χ1) is 15.7. The first-order valence-electron chi connectivity index (χ1n) is 10.2. The quantitative estimate of drug-likeness (QED) is 0.426. The predicted molar refractivity (Wildman–Crippen MR) is 121 cm³/mol. The summed E-state index contributed by atoms with van der Waals surface area (Å²) in [6.07, 6.45) is -3.41. The van der Waals surface area contributed by atoms with Gasteiger partial charge in [0, 0.05) is 16.0 Å². The molecule has 6 nitrogen and oxygen atoms in total. The van der Waals surface area contributed by atoms with Crippen LogP contribution in [0.25, 0.3) is 11.4 Å². The van der Waals surface area contributed by atoms with E-state index in [1.54, 1.807) is 0 Å². The van der Waals surface area contributed by atoms with Crippen LogP contribution in [-0.4, -0.2) is 34.0 Å². The Morgan fingerprint density at radius 2 is 1.97 bits per heavy atom. The third-order valence-electron chi connectivity index (χ3n) is 5.42. The van der Waals surface area contributed by atoms with Gasteiger partial charge in [0.1, 0.15) is 0 Å². The van der Waals surface area contributed by atoms with E-state index in [1.807, 2.05) is 24.3 Å². The summed E-state index contributed by atoms with van der Waals surface area (Å²) < 4.78 is 45.1. The van der Waals surface area contributed by atoms with E-state index >= 15 is 0 Å². The molecule has 0 aliphatic carbocycles. The molecule has 0 bridgehead atoms. The lowest BCUT2D eigenvalue weighted by molar-refractivity contribution is -0.137. The summed E-state index contributed by atoms with van der Waals surface area (Å²) in [4.78, 5) is 19.2. The van der Waals surface area contributed by atoms with Crippen LogP contribution in [0.1, 0.15) is 24.3 Å². The Hall–Kier alpha value is -2.43. The van der Waals surface area contributed by atoms with E-state index in [4.69, 9.17) is 16.1 Å². The fraction of sp³-hybridized carbons (Fsp3) is 0.318. The number of carbonyl (C=O) groups excluding carboxylic acids is 1. The van der Waals surface area contributed by atoms with E-state index in [9.17, 15) is 18.0 Å². The second kappa shape index (κ2) is 9.82. The third-order valence-corrected chi connectivity index (χ3v) is 6.24. The van der Waals surface area contributed by atoms with Gasteiger partial charge < -0.3 is 9.84 Å². The maximum Gasteiger partial charge on any atom is 0.416 e. The molecule has 1 amide bonds. The van der Waals surface area contributed by atoms with Gasteiger partial charge in [0.2, 0.25) is 17.6 Å². The number of likely N-dealkylation sites (tertiary alicyclic amines) is 1. The van der Waals surface area contributed by atoms with E-state index in [0.717, 1.165) is 28.2 Å². The topological polar surface area (TPSA) is 71.3 Å². The van der Waals surface area contributed by atoms with Crippen molar-refractivity contribution in [3.05, 3.63) is 63.4 Å². The second-order valence-electron chi connectivity index (χ2n) is 7.75. The van der Waals surface area contributed by atoms with Crippen LogP contribution in [0.5, 0.6) is 0 Å². The van der Waals surface area contributed by atoms with Crippen molar-refractivity contribution in [1.29, 1.82) is 0 Å². The molecule has 1 aliphatic heterocycles. The van der Waals surface area contributed by atoms with Crippen molar-refractivity contribution in [2.45, 2.75) is 25.6 Å². The molecule has 0 spiro atoms. The summed E-state index contributed by atoms with van der Waals surface area (Å²) in [6.45, 7) is 1.68. The van der Waals surface area contributed by atoms with Crippen LogP contribution in [0, 0.1) is 5.92 Å². The summed E-state index contributed by atoms with van der Waals surface area (Å²) in [6, 6.07) is 10.5. The minimum atomic E-state index is -4.51. The zero-order chi connectivity index (χ0) is 23.6. The number of aromatic nitrogens is 2. The van der Waals surface area contributed by atoms with Gasteiger partial charge in [0.25, 0.3) is 0 Å². The van der Waals surface area contributed by atoms with Crippen molar-refractivity contribution in [3.63, 3.8) is 0 Å². The van der Waals surface area contributed by atoms with Gasteiger partial charge in [-0.15, -0.1) is 0 Å². The van der Waals surface area contributed by atoms with Crippen LogP contribution in [0.4, 0.5) is 18.9 Å². The Bertz CT molecular complexity index is 1150. The van der Waals surface area contributed by atoms with Crippen LogP contribution in [0.2, 0.25) is 5.02 Å². The molecule has 1 aromatic heterocycles. The molecule has 4 rings (SSSR count). The van der Waals surface area contributed by atoms with Crippen molar-refractivity contribution in [3.8, 4) is 11.4 Å². The maximum atomic E-state index is 12.9. The van der Waals surface area contributed by atoms with E-state index < -0.39 is 11.7 Å². The highest BCUT2D eigenvalue weighted by Crippen LogP contribution is 2.34. The maximum absolute atomic E-state index is 12.9. The Balaban J connectivity index is 1.32. The summed E-state index contributed by atoms with van der Waals surface area (Å²) in [5.41, 5.74) is -0.0633. The smallest absolute Gasteiger partial charge is 0.338 e. The Labute approximate surface area is 201 Å². The fourth-order valence-corrected chi connectivity index (χ4v) is 4.20. The minimum absolute atomic E-state index is 0.0372. The van der Waals surface area contributed by atoms with Crippen molar-refractivity contribution in [2.24, 2.45) is 5.92 Å². The normalized spacial score (nSPS) is 15.5. The number of rotatable bonds is 5. The molecule has 0 radical (unpaired) electrons. The van der Waals surface area contributed by atoms with Crippen LogP contribution < -0.4 is 5.32 Å². The number of halogens is 5. The molecule has 1 aliphatic rings. The largest absolute Gasteiger partial charge is 0.416 e. The average molecular weight is 544 g/mol. The number of hydrogen-bond acceptors (Lipinski definition) is 5. The molecule has 11 heteroatoms. The van der Waals surface area contributed by atoms with Crippen LogP contribution >= 0.6 is 27.5 Å². The summed E-state index contributed by atoms with van der Waals surface area (Å²) in [7, 11) is 0. The van der Waals surface area contributed by atoms with Gasteiger partial charge in [0.05, 0.1) is 22.8 Å². The number of alkyl halides is 3. The highest BCUT2D eigenvalue weighted by molar-refractivity contribution is 9.10. The van der Waals surface area contributed by atoms with Gasteiger partial charge in [-0.1, -0.05) is 44.8 Å². The molecule has 1 N–H and O–H groups in total. The lowest BCUT2D eigenvalue weighted by Crippen LogP contribution is -2.37. The van der Waals surface area contributed by atoms with Gasteiger partial charge >= 0.3 is 6.18 Å². The van der Waals surface area contributed by atoms with Gasteiger partial charge in [0.15, 0.2) is 0 Å². The summed E-state index contributed by atoms with van der Waals surface area (Å²) in [5, 5.41) is 6.64. The number of piperidine rings is 1. The first kappa shape index (κ1) is 23.7. The number of hydrogen-bond donors (Lipinski definition) is 1. The lowest BCUT2D eigenvalue weighted by atomic mass is 9.95. The van der Waals surface area contributed by atoms with Crippen LogP contribution in [0.3, 0.4) is 0 Å². The number of nitrogens with one attached hydrogen (secondary N) is 1. The standard InChI is InChI=1S/C22H19BrClF3N4O2/c23-16-3-1-2-14(10-16)20-29-19(33-30-20)12-31-8-6-13(7-9-31)21(32)28-18-11-15(22(25,26)27)4-5-17(18)24/h1-5,10-11,13H,6-9,12H2,(H,28,32). The Kier molecular flexibility index (Phi) is 7.06. The molecular weight excluding hydrogens is 525 g/mol. The molecule has 0 saturated carbocycles. The number of anilines is 1. The Morgan fingerprint density at radius 1 is 1.21 bits per heavy atom. The average Bonchev–Trinajstić information content (AvgIpc) is 3.23. The van der Waals surface area contributed by atoms with Gasteiger partial charge in [-0.3, -0.25) is 9.69 Å². The molecule has 1 saturated heterocycles. The Morgan fingerprint density at radius 3 is 2.67 bits per heavy atom. The molecule has 3 aromatic rings. The lowest BCUT2D eigenvalue weighted by Gasteiger charge is -2.30. The van der Waals surface area contributed by atoms with Gasteiger partial charge in [-0.25, -0.2) is 0 Å². The summed E-state index contributed by atoms with van der Waals surface area (Å²) in [5.74, 6) is 0.305. The van der Waals surface area contributed by atoms with E-state index in [-0.39, 0.29) is 22.5 Å². The predicted octanol–water partition coefficient (Wildman–Crippen LogP) is 6.02. The number of amides is 1. The number of benzene rings is 2. The molecule has 2 heterocycles. The van der Waals surface area contributed by atoms with Crippen LogP contribution in [-0.2, 0) is 17.5 Å². The van der Waals surface area contributed by atoms with Crippen molar-refractivity contribution in [2.75, 3.05) is 18.4 Å². The highest BCUT2D eigenvalue weighted by Gasteiger charge is 2.32. The molecule has 1 fully saturated rings. The van der Waals surface area contributed by atoms with Crippen LogP contribution in [0.15, 0.2) is 51.5 Å². The first-order valence-corrected chi connectivity index (χ1v) is 11.3. The molecular formula is C22H19BrClF3N4O2. The van der Waals surface area contributed by atoms with Crippen molar-refractivity contribution < 1.29 is 22.5 Å². The zero-order valence-corrected chi connectivity index (χ0v) is 19.5. The summed E-state index contributed by atoms with van der Waals surface area (Å²) >= 11 is 9.40.